The fraction of sp³-hybridized carbons (Fsp3) is 0.538. The molecule has 3 N–H and O–H groups in total. The van der Waals surface area contributed by atoms with E-state index >= 15 is 0 Å². The third-order valence-corrected chi connectivity index (χ3v) is 5.43. The Balaban J connectivity index is 2.30. The first-order valence-corrected chi connectivity index (χ1v) is 8.32. The third kappa shape index (κ3) is 3.58. The van der Waals surface area contributed by atoms with Gasteiger partial charge in [-0.25, -0.2) is 13.1 Å². The lowest BCUT2D eigenvalue weighted by Gasteiger charge is -2.29. The molecule has 1 fully saturated rings. The number of nitro groups is 1. The van der Waals surface area contributed by atoms with Gasteiger partial charge in [0.2, 0.25) is 10.0 Å². The molecule has 0 aliphatic heterocycles. The number of nitrogens with two attached hydrogens (primary N) is 1. The van der Waals surface area contributed by atoms with E-state index in [2.05, 4.69) is 4.72 Å². The molecular weight excluding hydrogens is 294 g/mol. The van der Waals surface area contributed by atoms with Crippen LogP contribution in [0.1, 0.15) is 31.2 Å². The van der Waals surface area contributed by atoms with E-state index in [0.717, 1.165) is 25.3 Å². The molecule has 1 aliphatic rings. The summed E-state index contributed by atoms with van der Waals surface area (Å²) in [5.74, 6) is 0. The zero-order chi connectivity index (χ0) is 15.6. The van der Waals surface area contributed by atoms with Gasteiger partial charge in [-0.05, 0) is 25.3 Å². The Morgan fingerprint density at radius 2 is 2.00 bits per heavy atom. The Morgan fingerprint density at radius 3 is 2.62 bits per heavy atom. The molecule has 7 nitrogen and oxygen atoms in total. The van der Waals surface area contributed by atoms with Crippen LogP contribution in [-0.2, 0) is 10.0 Å². The number of nitro benzene ring substituents is 1. The van der Waals surface area contributed by atoms with Crippen LogP contribution in [0.2, 0.25) is 0 Å². The van der Waals surface area contributed by atoms with Gasteiger partial charge in [0.15, 0.2) is 0 Å². The van der Waals surface area contributed by atoms with Crippen LogP contribution in [0, 0.1) is 17.0 Å². The molecule has 1 aromatic rings. The molecule has 1 aromatic carbocycles. The predicted octanol–water partition coefficient (Wildman–Crippen LogP) is 1.45. The number of nitrogens with one attached hydrogen (secondary N) is 1. The Kier molecular flexibility index (Phi) is 4.60. The van der Waals surface area contributed by atoms with Crippen LogP contribution in [0.25, 0.3) is 0 Å². The minimum Gasteiger partial charge on any atom is -0.326 e. The van der Waals surface area contributed by atoms with Gasteiger partial charge in [-0.2, -0.15) is 0 Å². The second-order valence-electron chi connectivity index (χ2n) is 5.38. The largest absolute Gasteiger partial charge is 0.326 e. The summed E-state index contributed by atoms with van der Waals surface area (Å²) in [6.45, 7) is 1.61. The lowest BCUT2D eigenvalue weighted by Crippen LogP contribution is -2.49. The van der Waals surface area contributed by atoms with Crippen molar-refractivity contribution in [1.82, 2.24) is 4.72 Å². The highest BCUT2D eigenvalue weighted by molar-refractivity contribution is 7.89. The molecular formula is C13H19N3O4S. The highest BCUT2D eigenvalue weighted by Crippen LogP contribution is 2.24. The number of non-ortho nitro benzene ring substituents is 1. The molecule has 0 heterocycles. The molecule has 0 radical (unpaired) electrons. The summed E-state index contributed by atoms with van der Waals surface area (Å²) < 4.78 is 27.5. The minimum atomic E-state index is -3.81. The molecule has 2 unspecified atom stereocenters. The topological polar surface area (TPSA) is 115 Å². The van der Waals surface area contributed by atoms with Gasteiger partial charge in [0.05, 0.1) is 9.82 Å². The fourth-order valence-electron chi connectivity index (χ4n) is 2.56. The van der Waals surface area contributed by atoms with Crippen molar-refractivity contribution in [3.63, 3.8) is 0 Å². The van der Waals surface area contributed by atoms with Crippen LogP contribution >= 0.6 is 0 Å². The normalized spacial score (nSPS) is 23.0. The average Bonchev–Trinajstić information content (AvgIpc) is 2.41. The predicted molar refractivity (Wildman–Crippen MR) is 78.4 cm³/mol. The van der Waals surface area contributed by atoms with Crippen LogP contribution in [0.4, 0.5) is 5.69 Å². The van der Waals surface area contributed by atoms with Crippen LogP contribution in [0.5, 0.6) is 0 Å². The highest BCUT2D eigenvalue weighted by Gasteiger charge is 2.28. The highest BCUT2D eigenvalue weighted by atomic mass is 32.2. The monoisotopic (exact) mass is 313 g/mol. The van der Waals surface area contributed by atoms with Crippen molar-refractivity contribution >= 4 is 15.7 Å². The van der Waals surface area contributed by atoms with E-state index in [1.54, 1.807) is 6.92 Å². The molecule has 8 heteroatoms. The summed E-state index contributed by atoms with van der Waals surface area (Å²) in [5, 5.41) is 10.8. The van der Waals surface area contributed by atoms with E-state index in [0.29, 0.717) is 12.0 Å². The molecule has 0 aromatic heterocycles. The van der Waals surface area contributed by atoms with Crippen molar-refractivity contribution in [3.8, 4) is 0 Å². The standard InChI is InChI=1S/C13H19N3O4S/c1-9-6-7-10(16(17)18)8-13(9)21(19,20)15-12-5-3-2-4-11(12)14/h6-8,11-12,15H,2-5,14H2,1H3. The summed E-state index contributed by atoms with van der Waals surface area (Å²) in [5.41, 5.74) is 6.17. The molecule has 116 valence electrons. The number of benzene rings is 1. The summed E-state index contributed by atoms with van der Waals surface area (Å²) in [6, 6.07) is 3.29. The van der Waals surface area contributed by atoms with E-state index in [4.69, 9.17) is 5.73 Å². The van der Waals surface area contributed by atoms with Crippen molar-refractivity contribution in [2.24, 2.45) is 5.73 Å². The van der Waals surface area contributed by atoms with Gasteiger partial charge in [-0.3, -0.25) is 10.1 Å². The maximum Gasteiger partial charge on any atom is 0.270 e. The van der Waals surface area contributed by atoms with Crippen LogP contribution in [0.3, 0.4) is 0 Å². The van der Waals surface area contributed by atoms with Gasteiger partial charge in [0, 0.05) is 24.2 Å². The minimum absolute atomic E-state index is 0.0607. The SMILES string of the molecule is Cc1ccc([N+](=O)[O-])cc1S(=O)(=O)NC1CCCCC1N. The zero-order valence-corrected chi connectivity index (χ0v) is 12.6. The van der Waals surface area contributed by atoms with Gasteiger partial charge in [0.25, 0.3) is 5.69 Å². The zero-order valence-electron chi connectivity index (χ0n) is 11.8. The van der Waals surface area contributed by atoms with Gasteiger partial charge >= 0.3 is 0 Å². The quantitative estimate of drug-likeness (QED) is 0.645. The van der Waals surface area contributed by atoms with E-state index in [-0.39, 0.29) is 22.7 Å². The maximum atomic E-state index is 12.5. The number of aryl methyl sites for hydroxylation is 1. The lowest BCUT2D eigenvalue weighted by atomic mass is 9.92. The Labute approximate surface area is 123 Å². The van der Waals surface area contributed by atoms with Gasteiger partial charge in [0.1, 0.15) is 0 Å². The number of hydrogen-bond acceptors (Lipinski definition) is 5. The summed E-state index contributed by atoms with van der Waals surface area (Å²) in [6.07, 6.45) is 3.39. The molecule has 0 amide bonds. The van der Waals surface area contributed by atoms with E-state index in [1.165, 1.54) is 12.1 Å². The fourth-order valence-corrected chi connectivity index (χ4v) is 4.15. The molecule has 0 bridgehead atoms. The van der Waals surface area contributed by atoms with Crippen LogP contribution in [-0.4, -0.2) is 25.4 Å². The Hall–Kier alpha value is -1.51. The van der Waals surface area contributed by atoms with Crippen molar-refractivity contribution < 1.29 is 13.3 Å². The van der Waals surface area contributed by atoms with E-state index in [9.17, 15) is 18.5 Å². The number of hydrogen-bond donors (Lipinski definition) is 2. The lowest BCUT2D eigenvalue weighted by molar-refractivity contribution is -0.385. The first kappa shape index (κ1) is 15.9. The number of sulfonamides is 1. The Morgan fingerprint density at radius 1 is 1.33 bits per heavy atom. The first-order chi connectivity index (χ1) is 9.81. The number of rotatable bonds is 4. The molecule has 21 heavy (non-hydrogen) atoms. The smallest absolute Gasteiger partial charge is 0.270 e. The molecule has 0 spiro atoms. The van der Waals surface area contributed by atoms with Crippen molar-refractivity contribution in [1.29, 1.82) is 0 Å². The second-order valence-corrected chi connectivity index (χ2v) is 7.07. The maximum absolute atomic E-state index is 12.5. The van der Waals surface area contributed by atoms with Gasteiger partial charge in [-0.15, -0.1) is 0 Å². The number of nitrogens with zero attached hydrogens (tertiary/aromatic N) is 1. The van der Waals surface area contributed by atoms with Crippen molar-refractivity contribution in [2.45, 2.75) is 49.6 Å². The molecule has 2 rings (SSSR count). The third-order valence-electron chi connectivity index (χ3n) is 3.80. The summed E-state index contributed by atoms with van der Waals surface area (Å²) >= 11 is 0. The summed E-state index contributed by atoms with van der Waals surface area (Å²) in [7, 11) is -3.81. The summed E-state index contributed by atoms with van der Waals surface area (Å²) in [4.78, 5) is 10.1. The molecule has 0 saturated heterocycles. The first-order valence-electron chi connectivity index (χ1n) is 6.84. The Bertz CT molecular complexity index is 645. The van der Waals surface area contributed by atoms with E-state index in [1.807, 2.05) is 0 Å². The van der Waals surface area contributed by atoms with Crippen LogP contribution < -0.4 is 10.5 Å². The second kappa shape index (κ2) is 6.08. The molecule has 1 saturated carbocycles. The van der Waals surface area contributed by atoms with Gasteiger partial charge in [-0.1, -0.05) is 18.9 Å². The van der Waals surface area contributed by atoms with E-state index < -0.39 is 14.9 Å². The van der Waals surface area contributed by atoms with Crippen LogP contribution in [0.15, 0.2) is 23.1 Å². The van der Waals surface area contributed by atoms with Gasteiger partial charge < -0.3 is 5.73 Å². The average molecular weight is 313 g/mol. The van der Waals surface area contributed by atoms with Crippen molar-refractivity contribution in [3.05, 3.63) is 33.9 Å². The van der Waals surface area contributed by atoms with Crippen molar-refractivity contribution in [2.75, 3.05) is 0 Å². The molecule has 1 aliphatic carbocycles. The molecule has 2 atom stereocenters.